The number of carboxylic acids is 1. The van der Waals surface area contributed by atoms with E-state index >= 15 is 0 Å². The molecule has 0 bridgehead atoms. The van der Waals surface area contributed by atoms with Gasteiger partial charge in [0.25, 0.3) is 0 Å². The predicted octanol–water partition coefficient (Wildman–Crippen LogP) is 2.07. The third kappa shape index (κ3) is 4.11. The van der Waals surface area contributed by atoms with Crippen molar-refractivity contribution in [2.45, 2.75) is 25.8 Å². The van der Waals surface area contributed by atoms with Gasteiger partial charge in [-0.15, -0.1) is 0 Å². The number of carbonyl (C=O) groups is 1. The lowest BCUT2D eigenvalue weighted by atomic mass is 10.1. The third-order valence-electron chi connectivity index (χ3n) is 4.13. The molecule has 1 atom stereocenters. The topological polar surface area (TPSA) is 53.0 Å². The van der Waals surface area contributed by atoms with Crippen molar-refractivity contribution >= 4 is 11.7 Å². The molecule has 0 aromatic heterocycles. The van der Waals surface area contributed by atoms with Crippen molar-refractivity contribution in [3.8, 4) is 5.75 Å². The van der Waals surface area contributed by atoms with Crippen molar-refractivity contribution in [3.05, 3.63) is 24.3 Å². The van der Waals surface area contributed by atoms with Gasteiger partial charge in [-0.2, -0.15) is 0 Å². The van der Waals surface area contributed by atoms with Crippen molar-refractivity contribution in [2.75, 3.05) is 38.2 Å². The number of nitrogens with zero attached hydrogens (tertiary/aromatic N) is 2. The van der Waals surface area contributed by atoms with E-state index in [2.05, 4.69) is 22.8 Å². The average Bonchev–Trinajstić information content (AvgIpc) is 2.52. The zero-order chi connectivity index (χ0) is 15.2. The molecule has 1 aromatic carbocycles. The van der Waals surface area contributed by atoms with Crippen LogP contribution < -0.4 is 9.64 Å². The van der Waals surface area contributed by atoms with E-state index in [-0.39, 0.29) is 12.5 Å². The second kappa shape index (κ2) is 7.31. The van der Waals surface area contributed by atoms with Gasteiger partial charge >= 0.3 is 5.97 Å². The second-order valence-corrected chi connectivity index (χ2v) is 5.38. The Morgan fingerprint density at radius 3 is 2.62 bits per heavy atom. The van der Waals surface area contributed by atoms with Crippen LogP contribution in [0.4, 0.5) is 5.69 Å². The molecular formula is C16H24N2O3. The van der Waals surface area contributed by atoms with Crippen molar-refractivity contribution in [1.29, 1.82) is 0 Å². The zero-order valence-corrected chi connectivity index (χ0v) is 12.8. The first-order valence-corrected chi connectivity index (χ1v) is 7.49. The van der Waals surface area contributed by atoms with Gasteiger partial charge in [0.15, 0.2) is 0 Å². The molecule has 21 heavy (non-hydrogen) atoms. The monoisotopic (exact) mass is 292 g/mol. The Bertz CT molecular complexity index is 470. The van der Waals surface area contributed by atoms with E-state index in [0.717, 1.165) is 38.3 Å². The molecule has 1 aliphatic heterocycles. The summed E-state index contributed by atoms with van der Waals surface area (Å²) < 4.78 is 5.26. The lowest BCUT2D eigenvalue weighted by Gasteiger charge is -2.39. The van der Waals surface area contributed by atoms with E-state index in [0.29, 0.717) is 0 Å². The Kier molecular flexibility index (Phi) is 5.44. The Labute approximate surface area is 126 Å². The van der Waals surface area contributed by atoms with Crippen molar-refractivity contribution in [3.63, 3.8) is 0 Å². The average molecular weight is 292 g/mol. The minimum Gasteiger partial charge on any atom is -0.497 e. The fourth-order valence-corrected chi connectivity index (χ4v) is 2.89. The summed E-state index contributed by atoms with van der Waals surface area (Å²) >= 11 is 0. The number of hydrogen-bond donors (Lipinski definition) is 1. The minimum atomic E-state index is -0.711. The van der Waals surface area contributed by atoms with Crippen LogP contribution in [0.5, 0.6) is 5.75 Å². The fourth-order valence-electron chi connectivity index (χ4n) is 2.89. The van der Waals surface area contributed by atoms with Crippen molar-refractivity contribution in [2.24, 2.45) is 0 Å². The Morgan fingerprint density at radius 1 is 1.33 bits per heavy atom. The molecule has 5 heteroatoms. The molecule has 0 aliphatic carbocycles. The van der Waals surface area contributed by atoms with Gasteiger partial charge in [-0.3, -0.25) is 9.69 Å². The maximum absolute atomic E-state index is 10.9. The van der Waals surface area contributed by atoms with Crippen LogP contribution in [-0.2, 0) is 4.79 Å². The number of benzene rings is 1. The highest BCUT2D eigenvalue weighted by molar-refractivity contribution is 5.67. The van der Waals surface area contributed by atoms with Gasteiger partial charge in [-0.1, -0.05) is 13.0 Å². The van der Waals surface area contributed by atoms with Crippen LogP contribution in [0.1, 0.15) is 19.8 Å². The van der Waals surface area contributed by atoms with Crippen molar-refractivity contribution in [1.82, 2.24) is 4.90 Å². The van der Waals surface area contributed by atoms with Gasteiger partial charge in [0.1, 0.15) is 5.75 Å². The molecule has 1 aliphatic rings. The summed E-state index contributed by atoms with van der Waals surface area (Å²) in [4.78, 5) is 15.5. The van der Waals surface area contributed by atoms with E-state index in [1.807, 2.05) is 18.2 Å². The number of ether oxygens (including phenoxy) is 1. The molecule has 5 nitrogen and oxygen atoms in total. The molecule has 1 N–H and O–H groups in total. The molecule has 1 saturated heterocycles. The maximum atomic E-state index is 10.9. The van der Waals surface area contributed by atoms with Crippen molar-refractivity contribution < 1.29 is 14.6 Å². The highest BCUT2D eigenvalue weighted by Gasteiger charge is 2.24. The number of carboxylic acid groups (broad SMARTS) is 1. The summed E-state index contributed by atoms with van der Waals surface area (Å²) in [7, 11) is 1.68. The molecular weight excluding hydrogens is 268 g/mol. The minimum absolute atomic E-state index is 0.148. The van der Waals surface area contributed by atoms with E-state index in [1.165, 1.54) is 5.69 Å². The van der Waals surface area contributed by atoms with Gasteiger partial charge in [-0.25, -0.2) is 0 Å². The second-order valence-electron chi connectivity index (χ2n) is 5.38. The first kappa shape index (κ1) is 15.6. The highest BCUT2D eigenvalue weighted by Crippen LogP contribution is 2.23. The number of rotatable bonds is 6. The largest absolute Gasteiger partial charge is 0.497 e. The van der Waals surface area contributed by atoms with E-state index in [1.54, 1.807) is 7.11 Å². The van der Waals surface area contributed by atoms with Crippen LogP contribution in [0.3, 0.4) is 0 Å². The van der Waals surface area contributed by atoms with Gasteiger partial charge in [0.05, 0.1) is 13.5 Å². The van der Waals surface area contributed by atoms with Gasteiger partial charge in [-0.05, 0) is 18.6 Å². The van der Waals surface area contributed by atoms with Crippen LogP contribution in [0.15, 0.2) is 24.3 Å². The van der Waals surface area contributed by atoms with Crippen LogP contribution in [0.2, 0.25) is 0 Å². The van der Waals surface area contributed by atoms with Crippen LogP contribution in [0, 0.1) is 0 Å². The highest BCUT2D eigenvalue weighted by atomic mass is 16.5. The molecule has 0 spiro atoms. The molecule has 0 saturated carbocycles. The van der Waals surface area contributed by atoms with Crippen LogP contribution in [0.25, 0.3) is 0 Å². The maximum Gasteiger partial charge on any atom is 0.304 e. The van der Waals surface area contributed by atoms with Gasteiger partial charge in [0.2, 0.25) is 0 Å². The van der Waals surface area contributed by atoms with E-state index in [4.69, 9.17) is 9.84 Å². The third-order valence-corrected chi connectivity index (χ3v) is 4.13. The standard InChI is InChI=1S/C16H24N2O3/c1-3-13(12-16(19)20)17-7-9-18(10-8-17)14-5-4-6-15(11-14)21-2/h4-6,11,13H,3,7-10,12H2,1-2H3,(H,19,20). The van der Waals surface area contributed by atoms with E-state index in [9.17, 15) is 4.79 Å². The molecule has 2 rings (SSSR count). The summed E-state index contributed by atoms with van der Waals surface area (Å²) in [5, 5.41) is 8.98. The Balaban J connectivity index is 1.94. The summed E-state index contributed by atoms with van der Waals surface area (Å²) in [6, 6.07) is 8.23. The molecule has 1 heterocycles. The molecule has 0 amide bonds. The molecule has 1 fully saturated rings. The molecule has 0 radical (unpaired) electrons. The lowest BCUT2D eigenvalue weighted by Crippen LogP contribution is -2.50. The molecule has 116 valence electrons. The number of aliphatic carboxylic acids is 1. The lowest BCUT2D eigenvalue weighted by molar-refractivity contribution is -0.138. The number of methoxy groups -OCH3 is 1. The summed E-state index contributed by atoms with van der Waals surface area (Å²) in [6.07, 6.45) is 1.11. The first-order valence-electron chi connectivity index (χ1n) is 7.49. The SMILES string of the molecule is CCC(CC(=O)O)N1CCN(c2cccc(OC)c2)CC1. The number of piperazine rings is 1. The number of hydrogen-bond acceptors (Lipinski definition) is 4. The first-order chi connectivity index (χ1) is 10.1. The summed E-state index contributed by atoms with van der Waals surface area (Å²) in [5.41, 5.74) is 1.17. The Hall–Kier alpha value is -1.75. The number of anilines is 1. The predicted molar refractivity (Wildman–Crippen MR) is 83.1 cm³/mol. The van der Waals surface area contributed by atoms with Crippen LogP contribution in [-0.4, -0.2) is 55.3 Å². The summed E-state index contributed by atoms with van der Waals surface area (Å²) in [6.45, 7) is 5.71. The molecule has 1 unspecified atom stereocenters. The molecule has 1 aromatic rings. The normalized spacial score (nSPS) is 17.5. The summed E-state index contributed by atoms with van der Waals surface area (Å²) in [5.74, 6) is 0.157. The quantitative estimate of drug-likeness (QED) is 0.870. The van der Waals surface area contributed by atoms with Crippen LogP contribution >= 0.6 is 0 Å². The zero-order valence-electron chi connectivity index (χ0n) is 12.8. The van der Waals surface area contributed by atoms with E-state index < -0.39 is 5.97 Å². The van der Waals surface area contributed by atoms with Gasteiger partial charge < -0.3 is 14.7 Å². The smallest absolute Gasteiger partial charge is 0.304 e. The fraction of sp³-hybridized carbons (Fsp3) is 0.562. The Morgan fingerprint density at radius 2 is 2.05 bits per heavy atom. The van der Waals surface area contributed by atoms with Gasteiger partial charge in [0, 0.05) is 44.0 Å².